The van der Waals surface area contributed by atoms with Crippen LogP contribution in [0.1, 0.15) is 19.8 Å². The van der Waals surface area contributed by atoms with Gasteiger partial charge >= 0.3 is 0 Å². The lowest BCUT2D eigenvalue weighted by molar-refractivity contribution is 0.0636. The molecule has 1 aromatic carbocycles. The molecule has 1 aliphatic heterocycles. The van der Waals surface area contributed by atoms with Gasteiger partial charge in [-0.2, -0.15) is 0 Å². The molecule has 0 spiro atoms. The minimum Gasteiger partial charge on any atom is -0.495 e. The van der Waals surface area contributed by atoms with E-state index >= 15 is 0 Å². The molecule has 2 unspecified atom stereocenters. The van der Waals surface area contributed by atoms with Gasteiger partial charge in [-0.05, 0) is 38.0 Å². The van der Waals surface area contributed by atoms with Crippen LogP contribution in [-0.2, 0) is 14.8 Å². The Bertz CT molecular complexity index is 574. The summed E-state index contributed by atoms with van der Waals surface area (Å²) in [5.41, 5.74) is 0.599. The van der Waals surface area contributed by atoms with Gasteiger partial charge in [0, 0.05) is 6.54 Å². The van der Waals surface area contributed by atoms with Gasteiger partial charge in [0.15, 0.2) is 0 Å². The molecule has 7 heteroatoms. The number of hydrogen-bond donors (Lipinski definition) is 2. The Morgan fingerprint density at radius 2 is 2.20 bits per heavy atom. The topological polar surface area (TPSA) is 90.7 Å². The van der Waals surface area contributed by atoms with Crippen LogP contribution in [0.4, 0.5) is 5.69 Å². The zero-order chi connectivity index (χ0) is 14.8. The molecule has 0 bridgehead atoms. The summed E-state index contributed by atoms with van der Waals surface area (Å²) in [5, 5.41) is 8.30. The van der Waals surface area contributed by atoms with Crippen molar-refractivity contribution < 1.29 is 17.9 Å². The van der Waals surface area contributed by atoms with E-state index in [1.54, 1.807) is 6.07 Å². The molecule has 1 heterocycles. The highest BCUT2D eigenvalue weighted by Gasteiger charge is 2.22. The summed E-state index contributed by atoms with van der Waals surface area (Å²) >= 11 is 0. The standard InChI is InChI=1S/C13H20N2O4S/c1-9-3-4-10(19-9)8-15-12-7-11(20(14,16)17)5-6-13(12)18-2/h5-7,9-10,15H,3-4,8H2,1-2H3,(H2,14,16,17). The number of nitrogens with one attached hydrogen (secondary N) is 1. The van der Waals surface area contributed by atoms with E-state index in [2.05, 4.69) is 5.32 Å². The molecular formula is C13H20N2O4S. The third-order valence-corrected chi connectivity index (χ3v) is 4.25. The first-order valence-corrected chi connectivity index (χ1v) is 8.05. The highest BCUT2D eigenvalue weighted by molar-refractivity contribution is 7.89. The maximum Gasteiger partial charge on any atom is 0.238 e. The lowest BCUT2D eigenvalue weighted by atomic mass is 10.2. The molecular weight excluding hydrogens is 280 g/mol. The Morgan fingerprint density at radius 1 is 1.45 bits per heavy atom. The average molecular weight is 300 g/mol. The van der Waals surface area contributed by atoms with Crippen LogP contribution in [-0.4, -0.2) is 34.3 Å². The lowest BCUT2D eigenvalue weighted by Gasteiger charge is -2.16. The lowest BCUT2D eigenvalue weighted by Crippen LogP contribution is -2.20. The Balaban J connectivity index is 2.12. The predicted octanol–water partition coefficient (Wildman–Crippen LogP) is 1.32. The number of benzene rings is 1. The third kappa shape index (κ3) is 3.62. The zero-order valence-electron chi connectivity index (χ0n) is 11.6. The van der Waals surface area contributed by atoms with Gasteiger partial charge in [0.2, 0.25) is 10.0 Å². The molecule has 2 atom stereocenters. The maximum absolute atomic E-state index is 11.4. The van der Waals surface area contributed by atoms with Gasteiger partial charge in [-0.15, -0.1) is 0 Å². The van der Waals surface area contributed by atoms with Crippen molar-refractivity contribution in [3.8, 4) is 5.75 Å². The quantitative estimate of drug-likeness (QED) is 0.856. The van der Waals surface area contributed by atoms with Crippen molar-refractivity contribution in [2.45, 2.75) is 36.9 Å². The molecule has 20 heavy (non-hydrogen) atoms. The van der Waals surface area contributed by atoms with Crippen LogP contribution in [0.25, 0.3) is 0 Å². The van der Waals surface area contributed by atoms with Crippen molar-refractivity contribution in [1.29, 1.82) is 0 Å². The summed E-state index contributed by atoms with van der Waals surface area (Å²) in [5.74, 6) is 0.573. The molecule has 6 nitrogen and oxygen atoms in total. The average Bonchev–Trinajstić information content (AvgIpc) is 2.80. The molecule has 0 aliphatic carbocycles. The Morgan fingerprint density at radius 3 is 2.75 bits per heavy atom. The number of primary sulfonamides is 1. The van der Waals surface area contributed by atoms with Crippen molar-refractivity contribution in [3.05, 3.63) is 18.2 Å². The van der Waals surface area contributed by atoms with Gasteiger partial charge in [0.05, 0.1) is 29.9 Å². The number of sulfonamides is 1. The van der Waals surface area contributed by atoms with Gasteiger partial charge < -0.3 is 14.8 Å². The van der Waals surface area contributed by atoms with Crippen LogP contribution in [0.3, 0.4) is 0 Å². The second-order valence-electron chi connectivity index (χ2n) is 4.93. The van der Waals surface area contributed by atoms with Crippen LogP contribution in [0, 0.1) is 0 Å². The number of methoxy groups -OCH3 is 1. The predicted molar refractivity (Wildman–Crippen MR) is 76.4 cm³/mol. The summed E-state index contributed by atoms with van der Waals surface area (Å²) in [7, 11) is -2.19. The fraction of sp³-hybridized carbons (Fsp3) is 0.538. The number of ether oxygens (including phenoxy) is 2. The van der Waals surface area contributed by atoms with Crippen LogP contribution >= 0.6 is 0 Å². The third-order valence-electron chi connectivity index (χ3n) is 3.34. The summed E-state index contributed by atoms with van der Waals surface area (Å²) in [4.78, 5) is 0.0570. The largest absolute Gasteiger partial charge is 0.495 e. The van der Waals surface area contributed by atoms with Crippen LogP contribution in [0.5, 0.6) is 5.75 Å². The first kappa shape index (κ1) is 15.1. The van der Waals surface area contributed by atoms with E-state index in [4.69, 9.17) is 14.6 Å². The first-order chi connectivity index (χ1) is 9.40. The van der Waals surface area contributed by atoms with E-state index < -0.39 is 10.0 Å². The second-order valence-corrected chi connectivity index (χ2v) is 6.50. The maximum atomic E-state index is 11.4. The van der Waals surface area contributed by atoms with E-state index in [-0.39, 0.29) is 17.1 Å². The van der Waals surface area contributed by atoms with Gasteiger partial charge in [-0.3, -0.25) is 0 Å². The van der Waals surface area contributed by atoms with E-state index in [0.29, 0.717) is 18.0 Å². The van der Waals surface area contributed by atoms with E-state index in [0.717, 1.165) is 12.8 Å². The summed E-state index contributed by atoms with van der Waals surface area (Å²) in [6.45, 7) is 2.65. The first-order valence-electron chi connectivity index (χ1n) is 6.50. The molecule has 0 radical (unpaired) electrons. The second kappa shape index (κ2) is 5.99. The van der Waals surface area contributed by atoms with E-state index in [9.17, 15) is 8.42 Å². The summed E-state index contributed by atoms with van der Waals surface area (Å²) in [6, 6.07) is 4.49. The van der Waals surface area contributed by atoms with Crippen LogP contribution in [0.15, 0.2) is 23.1 Å². The van der Waals surface area contributed by atoms with Crippen molar-refractivity contribution in [2.75, 3.05) is 19.0 Å². The monoisotopic (exact) mass is 300 g/mol. The van der Waals surface area contributed by atoms with Crippen molar-refractivity contribution >= 4 is 15.7 Å². The minimum atomic E-state index is -3.72. The number of hydrogen-bond acceptors (Lipinski definition) is 5. The molecule has 0 saturated carbocycles. The SMILES string of the molecule is COc1ccc(S(N)(=O)=O)cc1NCC1CCC(C)O1. The van der Waals surface area contributed by atoms with Gasteiger partial charge in [0.25, 0.3) is 0 Å². The Labute approximate surface area is 119 Å². The fourth-order valence-electron chi connectivity index (χ4n) is 2.26. The zero-order valence-corrected chi connectivity index (χ0v) is 12.4. The van der Waals surface area contributed by atoms with Gasteiger partial charge in [-0.1, -0.05) is 0 Å². The molecule has 1 fully saturated rings. The smallest absolute Gasteiger partial charge is 0.238 e. The number of nitrogens with two attached hydrogens (primary N) is 1. The molecule has 112 valence electrons. The Hall–Kier alpha value is -1.31. The van der Waals surface area contributed by atoms with Crippen molar-refractivity contribution in [3.63, 3.8) is 0 Å². The van der Waals surface area contributed by atoms with Crippen LogP contribution in [0.2, 0.25) is 0 Å². The normalized spacial score (nSPS) is 22.8. The molecule has 1 saturated heterocycles. The summed E-state index contributed by atoms with van der Waals surface area (Å²) < 4.78 is 33.7. The van der Waals surface area contributed by atoms with Gasteiger partial charge in [-0.25, -0.2) is 13.6 Å². The fourth-order valence-corrected chi connectivity index (χ4v) is 2.80. The Kier molecular flexibility index (Phi) is 4.52. The van der Waals surface area contributed by atoms with Gasteiger partial charge in [0.1, 0.15) is 5.75 Å². The molecule has 1 aliphatic rings. The van der Waals surface area contributed by atoms with E-state index in [1.807, 2.05) is 6.92 Å². The minimum absolute atomic E-state index is 0.0570. The summed E-state index contributed by atoms with van der Waals surface area (Å²) in [6.07, 6.45) is 2.44. The molecule has 1 aromatic rings. The van der Waals surface area contributed by atoms with E-state index in [1.165, 1.54) is 19.2 Å². The highest BCUT2D eigenvalue weighted by Crippen LogP contribution is 2.28. The van der Waals surface area contributed by atoms with Crippen LogP contribution < -0.4 is 15.2 Å². The number of rotatable bonds is 5. The van der Waals surface area contributed by atoms with Crippen molar-refractivity contribution in [1.82, 2.24) is 0 Å². The molecule has 2 rings (SSSR count). The van der Waals surface area contributed by atoms with Crippen molar-refractivity contribution in [2.24, 2.45) is 5.14 Å². The molecule has 0 aromatic heterocycles. The number of anilines is 1. The molecule has 0 amide bonds. The molecule has 3 N–H and O–H groups in total. The highest BCUT2D eigenvalue weighted by atomic mass is 32.2.